The fraction of sp³-hybridized carbons (Fsp3) is 0.154. The third-order valence-electron chi connectivity index (χ3n) is 2.56. The minimum absolute atomic E-state index is 0.215. The zero-order valence-electron chi connectivity index (χ0n) is 10.3. The highest BCUT2D eigenvalue weighted by atomic mass is 16.2. The van der Waals surface area contributed by atoms with Crippen LogP contribution in [0.2, 0.25) is 0 Å². The molecule has 0 aliphatic rings. The van der Waals surface area contributed by atoms with Gasteiger partial charge in [-0.05, 0) is 25.1 Å². The molecule has 1 aromatic carbocycles. The lowest BCUT2D eigenvalue weighted by molar-refractivity contribution is 0.0988. The van der Waals surface area contributed by atoms with Gasteiger partial charge in [-0.15, -0.1) is 0 Å². The molecule has 2 aromatic rings. The minimum Gasteiger partial charge on any atom is -0.399 e. The number of carbonyl (C=O) groups excluding carboxylic acids is 1. The van der Waals surface area contributed by atoms with Crippen LogP contribution in [-0.4, -0.2) is 22.9 Å². The van der Waals surface area contributed by atoms with Crippen LogP contribution in [0, 0.1) is 6.92 Å². The summed E-state index contributed by atoms with van der Waals surface area (Å²) < 4.78 is 0. The molecular formula is C13H14N4O. The van der Waals surface area contributed by atoms with Gasteiger partial charge in [0, 0.05) is 24.6 Å². The molecule has 18 heavy (non-hydrogen) atoms. The highest BCUT2D eigenvalue weighted by Crippen LogP contribution is 2.17. The van der Waals surface area contributed by atoms with Gasteiger partial charge in [-0.1, -0.05) is 6.07 Å². The van der Waals surface area contributed by atoms with Gasteiger partial charge in [0.2, 0.25) is 0 Å². The van der Waals surface area contributed by atoms with E-state index in [2.05, 4.69) is 9.97 Å². The van der Waals surface area contributed by atoms with E-state index in [0.29, 0.717) is 11.4 Å². The molecule has 0 unspecified atom stereocenters. The van der Waals surface area contributed by atoms with Crippen molar-refractivity contribution in [2.75, 3.05) is 17.7 Å². The van der Waals surface area contributed by atoms with Gasteiger partial charge in [0.25, 0.3) is 5.91 Å². The van der Waals surface area contributed by atoms with Crippen LogP contribution in [0.5, 0.6) is 0 Å². The van der Waals surface area contributed by atoms with Crippen LogP contribution in [0.3, 0.4) is 0 Å². The van der Waals surface area contributed by atoms with E-state index in [4.69, 9.17) is 5.73 Å². The molecule has 5 nitrogen and oxygen atoms in total. The fourth-order valence-electron chi connectivity index (χ4n) is 1.53. The molecule has 1 heterocycles. The summed E-state index contributed by atoms with van der Waals surface area (Å²) in [6.45, 7) is 1.82. The minimum atomic E-state index is -0.215. The van der Waals surface area contributed by atoms with E-state index in [1.165, 1.54) is 11.1 Å². The monoisotopic (exact) mass is 242 g/mol. The molecule has 0 fully saturated rings. The van der Waals surface area contributed by atoms with Gasteiger partial charge < -0.3 is 10.6 Å². The quantitative estimate of drug-likeness (QED) is 0.813. The van der Waals surface area contributed by atoms with Gasteiger partial charge >= 0.3 is 0 Å². The Hall–Kier alpha value is -2.43. The van der Waals surface area contributed by atoms with E-state index in [9.17, 15) is 4.79 Å². The summed E-state index contributed by atoms with van der Waals surface area (Å²) in [6.07, 6.45) is 3.04. The molecule has 1 aromatic heterocycles. The number of nitrogens with zero attached hydrogens (tertiary/aromatic N) is 3. The number of aryl methyl sites for hydroxylation is 1. The van der Waals surface area contributed by atoms with Gasteiger partial charge in [-0.2, -0.15) is 0 Å². The number of hydrogen-bond acceptors (Lipinski definition) is 4. The van der Waals surface area contributed by atoms with Crippen molar-refractivity contribution in [2.45, 2.75) is 6.92 Å². The summed E-state index contributed by atoms with van der Waals surface area (Å²) in [5.74, 6) is -0.215. The molecular weight excluding hydrogens is 228 g/mol. The summed E-state index contributed by atoms with van der Waals surface area (Å²) in [4.78, 5) is 21.8. The second-order valence-electron chi connectivity index (χ2n) is 4.00. The lowest BCUT2D eigenvalue weighted by Crippen LogP contribution is -2.27. The second kappa shape index (κ2) is 4.83. The number of hydrogen-bond donors (Lipinski definition) is 1. The number of benzene rings is 1. The van der Waals surface area contributed by atoms with Crippen molar-refractivity contribution < 1.29 is 4.79 Å². The highest BCUT2D eigenvalue weighted by molar-refractivity contribution is 6.04. The summed E-state index contributed by atoms with van der Waals surface area (Å²) in [5, 5.41) is 0. The van der Waals surface area contributed by atoms with Crippen LogP contribution in [-0.2, 0) is 0 Å². The molecule has 0 aliphatic carbocycles. The third-order valence-corrected chi connectivity index (χ3v) is 2.56. The van der Waals surface area contributed by atoms with Crippen LogP contribution in [0.1, 0.15) is 16.2 Å². The second-order valence-corrected chi connectivity index (χ2v) is 4.00. The number of nitrogen functional groups attached to an aromatic ring is 1. The van der Waals surface area contributed by atoms with Crippen molar-refractivity contribution >= 4 is 17.3 Å². The first-order valence-electron chi connectivity index (χ1n) is 5.50. The Balaban J connectivity index is 2.26. The summed E-state index contributed by atoms with van der Waals surface area (Å²) in [7, 11) is 1.68. The molecule has 1 amide bonds. The topological polar surface area (TPSA) is 72.1 Å². The number of aromatic nitrogens is 2. The van der Waals surface area contributed by atoms with E-state index in [1.807, 2.05) is 13.0 Å². The normalized spacial score (nSPS) is 10.1. The fourth-order valence-corrected chi connectivity index (χ4v) is 1.53. The average Bonchev–Trinajstić information content (AvgIpc) is 2.38. The standard InChI is InChI=1S/C13H14N4O/c1-9-7-16-12(8-15-9)13(18)17(2)11-5-3-4-10(14)6-11/h3-8H,14H2,1-2H3. The third kappa shape index (κ3) is 2.45. The number of rotatable bonds is 2. The molecule has 0 atom stereocenters. The number of anilines is 2. The van der Waals surface area contributed by atoms with Gasteiger partial charge in [-0.25, -0.2) is 4.98 Å². The lowest BCUT2D eigenvalue weighted by Gasteiger charge is -2.17. The first kappa shape index (κ1) is 12.0. The maximum Gasteiger partial charge on any atom is 0.278 e. The van der Waals surface area contributed by atoms with Crippen molar-refractivity contribution in [3.05, 3.63) is 48.0 Å². The van der Waals surface area contributed by atoms with Crippen molar-refractivity contribution in [3.63, 3.8) is 0 Å². The Bertz CT molecular complexity index is 565. The Kier molecular flexibility index (Phi) is 3.23. The largest absolute Gasteiger partial charge is 0.399 e. The molecule has 0 bridgehead atoms. The zero-order chi connectivity index (χ0) is 13.1. The van der Waals surface area contributed by atoms with E-state index in [0.717, 1.165) is 11.4 Å². The lowest BCUT2D eigenvalue weighted by atomic mass is 10.2. The van der Waals surface area contributed by atoms with Crippen molar-refractivity contribution in [1.29, 1.82) is 0 Å². The van der Waals surface area contributed by atoms with Gasteiger partial charge in [0.05, 0.1) is 11.9 Å². The molecule has 5 heteroatoms. The van der Waals surface area contributed by atoms with Crippen molar-refractivity contribution in [1.82, 2.24) is 9.97 Å². The molecule has 0 radical (unpaired) electrons. The van der Waals surface area contributed by atoms with Crippen LogP contribution in [0.25, 0.3) is 0 Å². The molecule has 0 saturated carbocycles. The molecule has 0 aliphatic heterocycles. The van der Waals surface area contributed by atoms with Gasteiger partial charge in [0.15, 0.2) is 0 Å². The highest BCUT2D eigenvalue weighted by Gasteiger charge is 2.15. The van der Waals surface area contributed by atoms with Crippen LogP contribution in [0.15, 0.2) is 36.7 Å². The van der Waals surface area contributed by atoms with E-state index >= 15 is 0 Å². The Labute approximate surface area is 105 Å². The Morgan fingerprint density at radius 3 is 2.67 bits per heavy atom. The van der Waals surface area contributed by atoms with E-state index < -0.39 is 0 Å². The van der Waals surface area contributed by atoms with Crippen LogP contribution < -0.4 is 10.6 Å². The first-order valence-corrected chi connectivity index (χ1v) is 5.50. The average molecular weight is 242 g/mol. The Morgan fingerprint density at radius 2 is 2.06 bits per heavy atom. The molecule has 2 rings (SSSR count). The molecule has 92 valence electrons. The summed E-state index contributed by atoms with van der Waals surface area (Å²) in [5.41, 5.74) is 8.11. The number of amides is 1. The predicted molar refractivity (Wildman–Crippen MR) is 70.4 cm³/mol. The SMILES string of the molecule is Cc1cnc(C(=O)N(C)c2cccc(N)c2)cn1. The first-order chi connectivity index (χ1) is 8.58. The molecule has 2 N–H and O–H groups in total. The Morgan fingerprint density at radius 1 is 1.28 bits per heavy atom. The predicted octanol–water partition coefficient (Wildman–Crippen LogP) is 1.64. The maximum absolute atomic E-state index is 12.2. The van der Waals surface area contributed by atoms with Crippen LogP contribution in [0.4, 0.5) is 11.4 Å². The smallest absolute Gasteiger partial charge is 0.278 e. The zero-order valence-corrected chi connectivity index (χ0v) is 10.3. The van der Waals surface area contributed by atoms with E-state index in [1.54, 1.807) is 31.4 Å². The van der Waals surface area contributed by atoms with Gasteiger partial charge in [0.1, 0.15) is 5.69 Å². The van der Waals surface area contributed by atoms with Crippen LogP contribution >= 0.6 is 0 Å². The number of carbonyl (C=O) groups is 1. The summed E-state index contributed by atoms with van der Waals surface area (Å²) >= 11 is 0. The van der Waals surface area contributed by atoms with Crippen molar-refractivity contribution in [2.24, 2.45) is 0 Å². The maximum atomic E-state index is 12.2. The van der Waals surface area contributed by atoms with Gasteiger partial charge in [-0.3, -0.25) is 9.78 Å². The number of nitrogens with two attached hydrogens (primary N) is 1. The summed E-state index contributed by atoms with van der Waals surface area (Å²) in [6, 6.07) is 7.12. The van der Waals surface area contributed by atoms with Crippen molar-refractivity contribution in [3.8, 4) is 0 Å². The van der Waals surface area contributed by atoms with E-state index in [-0.39, 0.29) is 5.91 Å². The molecule has 0 spiro atoms. The molecule has 0 saturated heterocycles.